The minimum Gasteiger partial charge on any atom is -0.373 e. The summed E-state index contributed by atoms with van der Waals surface area (Å²) in [5.41, 5.74) is 1.40. The van der Waals surface area contributed by atoms with Gasteiger partial charge in [0.05, 0.1) is 5.37 Å². The number of nitrogens with one attached hydrogen (secondary N) is 1. The van der Waals surface area contributed by atoms with Gasteiger partial charge in [0, 0.05) is 24.4 Å². The summed E-state index contributed by atoms with van der Waals surface area (Å²) in [6, 6.07) is 5.02. The molecule has 2 nitrogen and oxygen atoms in total. The van der Waals surface area contributed by atoms with Gasteiger partial charge in [-0.3, -0.25) is 4.90 Å². The molecule has 0 aliphatic carbocycles. The molecule has 0 saturated carbocycles. The number of hydrogen-bond donors (Lipinski definition) is 1. The fourth-order valence-electron chi connectivity index (χ4n) is 1.95. The van der Waals surface area contributed by atoms with E-state index in [9.17, 15) is 4.39 Å². The van der Waals surface area contributed by atoms with E-state index in [0.717, 1.165) is 24.4 Å². The van der Waals surface area contributed by atoms with Crippen LogP contribution in [0.4, 0.5) is 4.39 Å². The lowest BCUT2D eigenvalue weighted by Crippen LogP contribution is -2.36. The Bertz CT molecular complexity index is 451. The maximum absolute atomic E-state index is 13.4. The number of nitrogens with zero attached hydrogens (tertiary/aromatic N) is 1. The third kappa shape index (κ3) is 3.02. The van der Waals surface area contributed by atoms with Gasteiger partial charge in [-0.2, -0.15) is 0 Å². The molecular formula is C13H17FN2S2. The molecule has 2 rings (SSSR count). The molecule has 0 spiro atoms. The van der Waals surface area contributed by atoms with E-state index in [4.69, 9.17) is 12.2 Å². The molecule has 1 aromatic rings. The first-order valence-corrected chi connectivity index (χ1v) is 7.40. The number of likely N-dealkylation sites (N-methyl/N-ethyl adjacent to an activating group) is 1. The number of thioether (sulfide) groups is 1. The summed E-state index contributed by atoms with van der Waals surface area (Å²) in [7, 11) is 2.11. The van der Waals surface area contributed by atoms with E-state index in [0.29, 0.717) is 15.9 Å². The van der Waals surface area contributed by atoms with Crippen LogP contribution in [0.1, 0.15) is 11.1 Å². The predicted molar refractivity (Wildman–Crippen MR) is 79.7 cm³/mol. The van der Waals surface area contributed by atoms with Crippen LogP contribution in [0.5, 0.6) is 0 Å². The Morgan fingerprint density at radius 3 is 3.06 bits per heavy atom. The lowest BCUT2D eigenvalue weighted by atomic mass is 10.1. The topological polar surface area (TPSA) is 15.3 Å². The zero-order valence-electron chi connectivity index (χ0n) is 10.6. The van der Waals surface area contributed by atoms with E-state index in [1.807, 2.05) is 17.8 Å². The van der Waals surface area contributed by atoms with E-state index in [1.54, 1.807) is 13.0 Å². The molecule has 0 aromatic heterocycles. The maximum Gasteiger partial charge on any atom is 0.126 e. The fraction of sp³-hybridized carbons (Fsp3) is 0.462. The Morgan fingerprint density at radius 1 is 1.61 bits per heavy atom. The number of thiocarbonyl (C=S) groups is 1. The van der Waals surface area contributed by atoms with Crippen LogP contribution in [-0.2, 0) is 0 Å². The van der Waals surface area contributed by atoms with Crippen molar-refractivity contribution in [1.82, 2.24) is 10.2 Å². The molecule has 1 unspecified atom stereocenters. The zero-order valence-corrected chi connectivity index (χ0v) is 12.2. The van der Waals surface area contributed by atoms with Crippen molar-refractivity contribution in [2.75, 3.05) is 25.9 Å². The van der Waals surface area contributed by atoms with Crippen LogP contribution in [-0.4, -0.2) is 41.2 Å². The van der Waals surface area contributed by atoms with Gasteiger partial charge >= 0.3 is 0 Å². The van der Waals surface area contributed by atoms with Crippen LogP contribution < -0.4 is 5.32 Å². The van der Waals surface area contributed by atoms with Gasteiger partial charge in [-0.1, -0.05) is 24.4 Å². The van der Waals surface area contributed by atoms with E-state index in [1.165, 1.54) is 6.07 Å². The van der Waals surface area contributed by atoms with Gasteiger partial charge in [0.1, 0.15) is 10.8 Å². The molecule has 18 heavy (non-hydrogen) atoms. The highest BCUT2D eigenvalue weighted by atomic mass is 32.2. The van der Waals surface area contributed by atoms with Crippen molar-refractivity contribution in [1.29, 1.82) is 0 Å². The van der Waals surface area contributed by atoms with Crippen LogP contribution in [0.15, 0.2) is 18.2 Å². The minimum absolute atomic E-state index is 0.205. The van der Waals surface area contributed by atoms with Crippen molar-refractivity contribution in [3.8, 4) is 0 Å². The SMILES string of the molecule is Cc1c(F)cccc1C(=S)NCC1SCCN1C. The highest BCUT2D eigenvalue weighted by Gasteiger charge is 2.21. The van der Waals surface area contributed by atoms with Crippen LogP contribution in [0.25, 0.3) is 0 Å². The second kappa shape index (κ2) is 5.99. The summed E-state index contributed by atoms with van der Waals surface area (Å²) in [5.74, 6) is 0.957. The number of rotatable bonds is 3. The zero-order chi connectivity index (χ0) is 13.1. The van der Waals surface area contributed by atoms with Crippen LogP contribution >= 0.6 is 24.0 Å². The summed E-state index contributed by atoms with van der Waals surface area (Å²) in [4.78, 5) is 2.94. The van der Waals surface area contributed by atoms with Crippen LogP contribution in [0.3, 0.4) is 0 Å². The highest BCUT2D eigenvalue weighted by Crippen LogP contribution is 2.21. The molecule has 0 bridgehead atoms. The average Bonchev–Trinajstić information content (AvgIpc) is 2.75. The van der Waals surface area contributed by atoms with Gasteiger partial charge in [0.25, 0.3) is 0 Å². The summed E-state index contributed by atoms with van der Waals surface area (Å²) in [5, 5.41) is 3.70. The third-order valence-electron chi connectivity index (χ3n) is 3.20. The molecule has 0 radical (unpaired) electrons. The standard InChI is InChI=1S/C13H17FN2S2/c1-9-10(4-3-5-11(9)14)13(17)15-8-12-16(2)6-7-18-12/h3-5,12H,6-8H2,1-2H3,(H,15,17). The Labute approximate surface area is 117 Å². The summed E-state index contributed by atoms with van der Waals surface area (Å²) < 4.78 is 13.4. The lowest BCUT2D eigenvalue weighted by Gasteiger charge is -2.20. The normalized spacial score (nSPS) is 20.1. The van der Waals surface area contributed by atoms with Gasteiger partial charge in [0.15, 0.2) is 0 Å². The Hall–Kier alpha value is -0.650. The summed E-state index contributed by atoms with van der Waals surface area (Å²) >= 11 is 7.26. The molecule has 0 amide bonds. The Morgan fingerprint density at radius 2 is 2.39 bits per heavy atom. The smallest absolute Gasteiger partial charge is 0.126 e. The number of hydrogen-bond acceptors (Lipinski definition) is 3. The second-order valence-corrected chi connectivity index (χ2v) is 6.12. The maximum atomic E-state index is 13.4. The first kappa shape index (κ1) is 13.8. The predicted octanol–water partition coefficient (Wildman–Crippen LogP) is 2.40. The van der Waals surface area contributed by atoms with Crippen molar-refractivity contribution in [3.63, 3.8) is 0 Å². The molecular weight excluding hydrogens is 267 g/mol. The molecule has 5 heteroatoms. The minimum atomic E-state index is -0.205. The first-order chi connectivity index (χ1) is 8.59. The molecule has 1 atom stereocenters. The molecule has 98 valence electrons. The summed E-state index contributed by atoms with van der Waals surface area (Å²) in [6.07, 6.45) is 0. The quantitative estimate of drug-likeness (QED) is 0.857. The Kier molecular flexibility index (Phi) is 4.59. The lowest BCUT2D eigenvalue weighted by molar-refractivity contribution is 0.351. The monoisotopic (exact) mass is 284 g/mol. The van der Waals surface area contributed by atoms with Gasteiger partial charge in [-0.15, -0.1) is 11.8 Å². The van der Waals surface area contributed by atoms with Gasteiger partial charge in [0.2, 0.25) is 0 Å². The summed E-state index contributed by atoms with van der Waals surface area (Å²) in [6.45, 7) is 3.67. The molecule has 1 heterocycles. The average molecular weight is 284 g/mol. The molecule has 1 aromatic carbocycles. The molecule has 1 aliphatic rings. The van der Waals surface area contributed by atoms with Crippen molar-refractivity contribution in [3.05, 3.63) is 35.1 Å². The van der Waals surface area contributed by atoms with E-state index >= 15 is 0 Å². The van der Waals surface area contributed by atoms with Crippen molar-refractivity contribution in [2.45, 2.75) is 12.3 Å². The van der Waals surface area contributed by atoms with Crippen molar-refractivity contribution in [2.24, 2.45) is 0 Å². The number of benzene rings is 1. The largest absolute Gasteiger partial charge is 0.373 e. The molecule has 1 saturated heterocycles. The van der Waals surface area contributed by atoms with Gasteiger partial charge in [-0.05, 0) is 25.6 Å². The molecule has 1 aliphatic heterocycles. The van der Waals surface area contributed by atoms with Crippen molar-refractivity contribution >= 4 is 29.0 Å². The fourth-order valence-corrected chi connectivity index (χ4v) is 3.48. The molecule has 1 fully saturated rings. The van der Waals surface area contributed by atoms with E-state index < -0.39 is 0 Å². The second-order valence-electron chi connectivity index (χ2n) is 4.43. The van der Waals surface area contributed by atoms with Crippen LogP contribution in [0, 0.1) is 12.7 Å². The van der Waals surface area contributed by atoms with Gasteiger partial charge in [-0.25, -0.2) is 4.39 Å². The Balaban J connectivity index is 1.97. The van der Waals surface area contributed by atoms with Gasteiger partial charge < -0.3 is 5.32 Å². The van der Waals surface area contributed by atoms with Crippen molar-refractivity contribution < 1.29 is 4.39 Å². The van der Waals surface area contributed by atoms with E-state index in [-0.39, 0.29) is 5.82 Å². The first-order valence-electron chi connectivity index (χ1n) is 5.94. The highest BCUT2D eigenvalue weighted by molar-refractivity contribution is 8.00. The van der Waals surface area contributed by atoms with Crippen LogP contribution in [0.2, 0.25) is 0 Å². The third-order valence-corrected chi connectivity index (χ3v) is 4.89. The number of halogens is 1. The van der Waals surface area contributed by atoms with E-state index in [2.05, 4.69) is 17.3 Å². The molecule has 1 N–H and O–H groups in total.